The third-order valence-electron chi connectivity index (χ3n) is 10.6. The van der Waals surface area contributed by atoms with Crippen LogP contribution in [0.15, 0.2) is 48.7 Å². The fourth-order valence-electron chi connectivity index (χ4n) is 8.17. The van der Waals surface area contributed by atoms with Crippen molar-refractivity contribution in [3.63, 3.8) is 0 Å². The van der Waals surface area contributed by atoms with Crippen LogP contribution < -0.4 is 5.32 Å². The van der Waals surface area contributed by atoms with E-state index < -0.39 is 5.41 Å². The summed E-state index contributed by atoms with van der Waals surface area (Å²) in [6.45, 7) is 9.50. The van der Waals surface area contributed by atoms with Crippen molar-refractivity contribution < 1.29 is 9.59 Å². The van der Waals surface area contributed by atoms with Gasteiger partial charge in [-0.05, 0) is 111 Å². The minimum absolute atomic E-state index is 0.0773. The summed E-state index contributed by atoms with van der Waals surface area (Å²) in [5.74, 6) is 0.714. The van der Waals surface area contributed by atoms with Crippen LogP contribution in [0.25, 0.3) is 0 Å². The number of likely N-dealkylation sites (tertiary alicyclic amines) is 3. The van der Waals surface area contributed by atoms with Gasteiger partial charge < -0.3 is 20.0 Å². The van der Waals surface area contributed by atoms with Crippen LogP contribution in [0.3, 0.4) is 0 Å². The predicted molar refractivity (Wildman–Crippen MR) is 177 cm³/mol. The van der Waals surface area contributed by atoms with Gasteiger partial charge in [0.05, 0.1) is 11.5 Å². The number of nitrogens with one attached hydrogen (secondary N) is 2. The number of rotatable bonds is 9. The van der Waals surface area contributed by atoms with Gasteiger partial charge in [-0.1, -0.05) is 23.9 Å². The highest BCUT2D eigenvalue weighted by atomic mass is 16.2. The number of carbonyl (C=O) groups is 2. The van der Waals surface area contributed by atoms with E-state index in [4.69, 9.17) is 0 Å². The topological polar surface area (TPSA) is 134 Å². The summed E-state index contributed by atoms with van der Waals surface area (Å²) in [5.41, 5.74) is 5.82. The number of carbonyl (C=O) groups excluding carboxylic acids is 2. The molecule has 3 fully saturated rings. The monoisotopic (exact) mass is 633 g/mol. The van der Waals surface area contributed by atoms with Gasteiger partial charge >= 0.3 is 0 Å². The Morgan fingerprint density at radius 1 is 0.915 bits per heavy atom. The third kappa shape index (κ3) is 5.80. The number of hydrogen-bond acceptors (Lipinski definition) is 8. The molecule has 2 N–H and O–H groups in total. The molecule has 2 amide bonds. The Hall–Kier alpha value is -4.56. The number of H-pyrrole nitrogens is 1. The van der Waals surface area contributed by atoms with Gasteiger partial charge in [-0.2, -0.15) is 10.5 Å². The molecule has 4 aliphatic rings. The number of fused-ring (bicyclic) bond motifs is 2. The SMILES string of the molecule is C=C(CNCCC1(c2nn[nH]n2)c2ccc(C(=O)N3CCCC3)cc2CCc2cc(C(=O)N3CCCC3)ccc21)N1CCCC1C#N. The Kier molecular flexibility index (Phi) is 8.78. The smallest absolute Gasteiger partial charge is 0.253 e. The first-order valence-electron chi connectivity index (χ1n) is 17.1. The molecule has 0 saturated carbocycles. The third-order valence-corrected chi connectivity index (χ3v) is 10.6. The Labute approximate surface area is 276 Å². The Balaban J connectivity index is 1.26. The van der Waals surface area contributed by atoms with Crippen molar-refractivity contribution in [3.05, 3.63) is 87.9 Å². The molecule has 4 heterocycles. The number of benzene rings is 2. The van der Waals surface area contributed by atoms with Crippen LogP contribution >= 0.6 is 0 Å². The second kappa shape index (κ2) is 13.3. The number of aromatic nitrogens is 4. The zero-order valence-electron chi connectivity index (χ0n) is 27.0. The molecule has 3 aromatic rings. The van der Waals surface area contributed by atoms with E-state index in [0.717, 1.165) is 112 Å². The predicted octanol–water partition coefficient (Wildman–Crippen LogP) is 3.59. The van der Waals surface area contributed by atoms with Gasteiger partial charge in [-0.15, -0.1) is 10.2 Å². The van der Waals surface area contributed by atoms with Gasteiger partial charge in [0, 0.05) is 56.1 Å². The summed E-state index contributed by atoms with van der Waals surface area (Å²) in [7, 11) is 0. The van der Waals surface area contributed by atoms with Crippen molar-refractivity contribution in [2.45, 2.75) is 69.2 Å². The van der Waals surface area contributed by atoms with Crippen molar-refractivity contribution in [1.82, 2.24) is 40.6 Å². The largest absolute Gasteiger partial charge is 0.358 e. The van der Waals surface area contributed by atoms with E-state index >= 15 is 0 Å². The van der Waals surface area contributed by atoms with Gasteiger partial charge in [-0.3, -0.25) is 9.59 Å². The highest BCUT2D eigenvalue weighted by Gasteiger charge is 2.44. The fourth-order valence-corrected chi connectivity index (χ4v) is 8.17. The molecule has 1 aliphatic carbocycles. The van der Waals surface area contributed by atoms with Gasteiger partial charge in [-0.25, -0.2) is 0 Å². The molecular formula is C36H43N9O2. The first-order valence-corrected chi connectivity index (χ1v) is 17.1. The van der Waals surface area contributed by atoms with Crippen molar-refractivity contribution in [3.8, 4) is 6.07 Å². The Morgan fingerprint density at radius 2 is 1.51 bits per heavy atom. The summed E-state index contributed by atoms with van der Waals surface area (Å²) >= 11 is 0. The molecule has 11 heteroatoms. The standard InChI is InChI=1S/C36H43N9O2/c1-25(45-20-6-7-30(45)23-37)24-38-15-14-36(35-39-41-42-40-35)31-12-10-28(33(46)43-16-2-3-17-43)21-26(31)8-9-27-22-29(11-13-32(27)36)34(47)44-18-4-5-19-44/h10-13,21-22,30,38H,1-9,14-20,24H2,(H,39,40,41,42). The first kappa shape index (κ1) is 31.1. The van der Waals surface area contributed by atoms with Crippen molar-refractivity contribution in [2.24, 2.45) is 0 Å². The van der Waals surface area contributed by atoms with Gasteiger partial charge in [0.25, 0.3) is 11.8 Å². The molecule has 7 rings (SSSR count). The lowest BCUT2D eigenvalue weighted by atomic mass is 9.69. The molecule has 1 atom stereocenters. The van der Waals surface area contributed by atoms with Crippen molar-refractivity contribution in [2.75, 3.05) is 45.8 Å². The lowest BCUT2D eigenvalue weighted by Gasteiger charge is -2.34. The maximum atomic E-state index is 13.5. The minimum atomic E-state index is -0.782. The number of nitrogens with zero attached hydrogens (tertiary/aromatic N) is 7. The molecule has 0 bridgehead atoms. The number of aromatic amines is 1. The average molecular weight is 634 g/mol. The summed E-state index contributed by atoms with van der Waals surface area (Å²) in [5, 5.41) is 29.1. The summed E-state index contributed by atoms with van der Waals surface area (Å²) in [4.78, 5) is 33.0. The second-order valence-electron chi connectivity index (χ2n) is 13.4. The van der Waals surface area contributed by atoms with Crippen LogP contribution in [0.4, 0.5) is 0 Å². The van der Waals surface area contributed by atoms with Crippen LogP contribution in [-0.2, 0) is 18.3 Å². The number of nitriles is 1. The van der Waals surface area contributed by atoms with E-state index in [9.17, 15) is 14.9 Å². The molecule has 0 radical (unpaired) electrons. The number of tetrazole rings is 1. The van der Waals surface area contributed by atoms with Crippen LogP contribution in [-0.4, -0.2) is 99.0 Å². The van der Waals surface area contributed by atoms with E-state index in [1.807, 2.05) is 21.9 Å². The molecule has 11 nitrogen and oxygen atoms in total. The molecule has 0 spiro atoms. The number of amides is 2. The highest BCUT2D eigenvalue weighted by Crippen LogP contribution is 2.46. The zero-order chi connectivity index (χ0) is 32.4. The van der Waals surface area contributed by atoms with Crippen LogP contribution in [0.2, 0.25) is 0 Å². The van der Waals surface area contributed by atoms with Gasteiger partial charge in [0.1, 0.15) is 6.04 Å². The first-order chi connectivity index (χ1) is 23.0. The average Bonchev–Trinajstić information content (AvgIpc) is 3.94. The molecule has 47 heavy (non-hydrogen) atoms. The van der Waals surface area contributed by atoms with E-state index in [-0.39, 0.29) is 17.9 Å². The maximum absolute atomic E-state index is 13.5. The molecule has 1 aromatic heterocycles. The lowest BCUT2D eigenvalue weighted by Crippen LogP contribution is -2.38. The van der Waals surface area contributed by atoms with Crippen molar-refractivity contribution >= 4 is 11.8 Å². The van der Waals surface area contributed by atoms with E-state index in [0.29, 0.717) is 36.5 Å². The maximum Gasteiger partial charge on any atom is 0.253 e. The van der Waals surface area contributed by atoms with Crippen LogP contribution in [0.1, 0.15) is 93.7 Å². The summed E-state index contributed by atoms with van der Waals surface area (Å²) in [6, 6.07) is 14.5. The normalized spacial score (nSPS) is 20.1. The minimum Gasteiger partial charge on any atom is -0.358 e. The fraction of sp³-hybridized carbons (Fsp3) is 0.500. The Morgan fingerprint density at radius 3 is 2.04 bits per heavy atom. The van der Waals surface area contributed by atoms with Gasteiger partial charge in [0.15, 0.2) is 5.82 Å². The molecule has 3 saturated heterocycles. The van der Waals surface area contributed by atoms with Crippen LogP contribution in [0, 0.1) is 11.3 Å². The lowest BCUT2D eigenvalue weighted by molar-refractivity contribution is 0.0785. The highest BCUT2D eigenvalue weighted by molar-refractivity contribution is 5.95. The summed E-state index contributed by atoms with van der Waals surface area (Å²) in [6.07, 6.45) is 8.09. The molecular weight excluding hydrogens is 590 g/mol. The van der Waals surface area contributed by atoms with E-state index in [1.54, 1.807) is 0 Å². The van der Waals surface area contributed by atoms with Crippen LogP contribution in [0.5, 0.6) is 0 Å². The Bertz CT molecular complexity index is 1600. The van der Waals surface area contributed by atoms with Gasteiger partial charge in [0.2, 0.25) is 0 Å². The zero-order valence-corrected chi connectivity index (χ0v) is 27.0. The van der Waals surface area contributed by atoms with Crippen molar-refractivity contribution in [1.29, 1.82) is 5.26 Å². The molecule has 1 unspecified atom stereocenters. The molecule has 3 aliphatic heterocycles. The number of aryl methyl sites for hydroxylation is 2. The molecule has 2 aromatic carbocycles. The number of hydrogen-bond donors (Lipinski definition) is 2. The quantitative estimate of drug-likeness (QED) is 0.342. The molecule has 244 valence electrons. The summed E-state index contributed by atoms with van der Waals surface area (Å²) < 4.78 is 0. The van der Waals surface area contributed by atoms with E-state index in [1.165, 1.54) is 0 Å². The van der Waals surface area contributed by atoms with E-state index in [2.05, 4.69) is 67.8 Å². The second-order valence-corrected chi connectivity index (χ2v) is 13.4.